The van der Waals surface area contributed by atoms with E-state index in [0.29, 0.717) is 17.8 Å². The van der Waals surface area contributed by atoms with Crippen LogP contribution in [0.15, 0.2) is 11.6 Å². The second kappa shape index (κ2) is 5.56. The molecule has 3 aliphatic carbocycles. The van der Waals surface area contributed by atoms with Gasteiger partial charge in [-0.15, -0.1) is 0 Å². The van der Waals surface area contributed by atoms with Gasteiger partial charge in [0.15, 0.2) is 5.79 Å². The molecule has 0 amide bonds. The van der Waals surface area contributed by atoms with Crippen molar-refractivity contribution in [3.8, 4) is 0 Å². The van der Waals surface area contributed by atoms with E-state index in [1.807, 2.05) is 0 Å². The highest BCUT2D eigenvalue weighted by molar-refractivity contribution is 5.27. The van der Waals surface area contributed by atoms with Gasteiger partial charge in [0, 0.05) is 18.3 Å². The number of hydrogen-bond acceptors (Lipinski definition) is 3. The van der Waals surface area contributed by atoms with Gasteiger partial charge < -0.3 is 14.6 Å². The molecule has 1 N–H and O–H groups in total. The minimum atomic E-state index is -0.697. The van der Waals surface area contributed by atoms with Crippen molar-refractivity contribution in [1.29, 1.82) is 0 Å². The van der Waals surface area contributed by atoms with Crippen molar-refractivity contribution >= 4 is 0 Å². The zero-order chi connectivity index (χ0) is 18.1. The summed E-state index contributed by atoms with van der Waals surface area (Å²) in [6.45, 7) is 12.9. The van der Waals surface area contributed by atoms with Gasteiger partial charge in [-0.1, -0.05) is 26.8 Å². The SMILES string of the molecule is CC1=CC[C@@H]2[C@@]3(C)CCC4(C[C@H](C)[C@@H]3CC[C@@]2(C)[C@]1(C)O)OCCO4. The molecule has 0 bridgehead atoms. The zero-order valence-corrected chi connectivity index (χ0v) is 16.7. The fourth-order valence-electron chi connectivity index (χ4n) is 7.25. The van der Waals surface area contributed by atoms with Gasteiger partial charge in [0.25, 0.3) is 0 Å². The fourth-order valence-corrected chi connectivity index (χ4v) is 7.25. The van der Waals surface area contributed by atoms with Crippen molar-refractivity contribution < 1.29 is 14.6 Å². The molecule has 4 rings (SSSR count). The molecule has 0 aromatic heterocycles. The number of ether oxygens (including phenoxy) is 2. The fraction of sp³-hybridized carbons (Fsp3) is 0.909. The largest absolute Gasteiger partial charge is 0.385 e. The van der Waals surface area contributed by atoms with Crippen LogP contribution in [0.25, 0.3) is 0 Å². The molecular formula is C22H36O3. The third-order valence-electron chi connectivity index (χ3n) is 9.10. The molecule has 6 atom stereocenters. The number of aliphatic hydroxyl groups is 1. The first-order chi connectivity index (χ1) is 11.6. The topological polar surface area (TPSA) is 38.7 Å². The van der Waals surface area contributed by atoms with E-state index in [2.05, 4.69) is 40.7 Å². The average molecular weight is 349 g/mol. The van der Waals surface area contributed by atoms with Gasteiger partial charge in [0.05, 0.1) is 18.8 Å². The molecule has 142 valence electrons. The Hall–Kier alpha value is -0.380. The van der Waals surface area contributed by atoms with E-state index in [4.69, 9.17) is 9.47 Å². The van der Waals surface area contributed by atoms with Gasteiger partial charge in [0.2, 0.25) is 0 Å². The summed E-state index contributed by atoms with van der Waals surface area (Å²) < 4.78 is 12.2. The van der Waals surface area contributed by atoms with E-state index < -0.39 is 5.60 Å². The molecule has 0 unspecified atom stereocenters. The monoisotopic (exact) mass is 348 g/mol. The van der Waals surface area contributed by atoms with E-state index in [0.717, 1.165) is 50.9 Å². The summed E-state index contributed by atoms with van der Waals surface area (Å²) in [4.78, 5) is 0. The third kappa shape index (κ3) is 2.34. The zero-order valence-electron chi connectivity index (χ0n) is 16.7. The van der Waals surface area contributed by atoms with Gasteiger partial charge in [-0.3, -0.25) is 0 Å². The maximum atomic E-state index is 11.4. The Morgan fingerprint density at radius 3 is 2.44 bits per heavy atom. The first kappa shape index (κ1) is 18.0. The summed E-state index contributed by atoms with van der Waals surface area (Å²) in [5, 5.41) is 11.4. The summed E-state index contributed by atoms with van der Waals surface area (Å²) in [5.74, 6) is 1.49. The lowest BCUT2D eigenvalue weighted by Crippen LogP contribution is -2.60. The predicted molar refractivity (Wildman–Crippen MR) is 99.1 cm³/mol. The number of fused-ring (bicyclic) bond motifs is 3. The van der Waals surface area contributed by atoms with Crippen molar-refractivity contribution in [3.05, 3.63) is 11.6 Å². The molecule has 0 radical (unpaired) electrons. The Morgan fingerprint density at radius 2 is 1.76 bits per heavy atom. The van der Waals surface area contributed by atoms with Gasteiger partial charge in [-0.2, -0.15) is 0 Å². The van der Waals surface area contributed by atoms with Crippen LogP contribution in [0.5, 0.6) is 0 Å². The van der Waals surface area contributed by atoms with Gasteiger partial charge in [-0.25, -0.2) is 0 Å². The van der Waals surface area contributed by atoms with Crippen molar-refractivity contribution in [2.24, 2.45) is 28.6 Å². The smallest absolute Gasteiger partial charge is 0.168 e. The van der Waals surface area contributed by atoms with Crippen LogP contribution in [0.4, 0.5) is 0 Å². The summed E-state index contributed by atoms with van der Waals surface area (Å²) in [5.41, 5.74) is 0.671. The molecule has 3 fully saturated rings. The van der Waals surface area contributed by atoms with Crippen LogP contribution < -0.4 is 0 Å². The molecular weight excluding hydrogens is 312 g/mol. The minimum Gasteiger partial charge on any atom is -0.385 e. The van der Waals surface area contributed by atoms with Crippen LogP contribution in [0.2, 0.25) is 0 Å². The summed E-state index contributed by atoms with van der Waals surface area (Å²) in [7, 11) is 0. The van der Waals surface area contributed by atoms with Crippen LogP contribution in [0, 0.1) is 28.6 Å². The lowest BCUT2D eigenvalue weighted by molar-refractivity contribution is -0.172. The van der Waals surface area contributed by atoms with Crippen LogP contribution in [0.3, 0.4) is 0 Å². The highest BCUT2D eigenvalue weighted by Crippen LogP contribution is 2.67. The summed E-state index contributed by atoms with van der Waals surface area (Å²) in [6, 6.07) is 0. The lowest BCUT2D eigenvalue weighted by Gasteiger charge is -2.63. The molecule has 0 aromatic rings. The van der Waals surface area contributed by atoms with Gasteiger partial charge in [0.1, 0.15) is 0 Å². The first-order valence-electron chi connectivity index (χ1n) is 10.3. The summed E-state index contributed by atoms with van der Waals surface area (Å²) in [6.07, 6.45) is 8.93. The van der Waals surface area contributed by atoms with E-state index >= 15 is 0 Å². The van der Waals surface area contributed by atoms with E-state index in [-0.39, 0.29) is 16.6 Å². The van der Waals surface area contributed by atoms with Gasteiger partial charge in [-0.05, 0) is 68.3 Å². The summed E-state index contributed by atoms with van der Waals surface area (Å²) >= 11 is 0. The molecule has 0 aromatic carbocycles. The van der Waals surface area contributed by atoms with Gasteiger partial charge >= 0.3 is 0 Å². The highest BCUT2D eigenvalue weighted by Gasteiger charge is 2.63. The lowest BCUT2D eigenvalue weighted by atomic mass is 9.43. The van der Waals surface area contributed by atoms with Crippen LogP contribution >= 0.6 is 0 Å². The van der Waals surface area contributed by atoms with Crippen LogP contribution in [-0.4, -0.2) is 29.7 Å². The maximum Gasteiger partial charge on any atom is 0.168 e. The standard InChI is InChI=1S/C22H36O3/c1-15-14-22(24-12-13-25-22)11-10-19(3)17(15)8-9-20(4)18(19)7-6-16(2)21(20,5)23/h6,15,17-18,23H,7-14H2,1-5H3/t15-,17-,18+,19-,20+,21+/m0/s1. The second-order valence-corrected chi connectivity index (χ2v) is 10.1. The van der Waals surface area contributed by atoms with E-state index in [9.17, 15) is 5.11 Å². The third-order valence-corrected chi connectivity index (χ3v) is 9.10. The Labute approximate surface area is 153 Å². The van der Waals surface area contributed by atoms with Crippen molar-refractivity contribution in [2.45, 2.75) is 84.5 Å². The molecule has 3 heteroatoms. The molecule has 25 heavy (non-hydrogen) atoms. The number of rotatable bonds is 0. The quantitative estimate of drug-likeness (QED) is 0.646. The predicted octanol–water partition coefficient (Wildman–Crippen LogP) is 4.69. The molecule has 3 nitrogen and oxygen atoms in total. The Morgan fingerprint density at radius 1 is 1.08 bits per heavy atom. The molecule has 1 heterocycles. The normalized spacial score (nSPS) is 52.2. The Kier molecular flexibility index (Phi) is 4.00. The number of hydrogen-bond donors (Lipinski definition) is 1. The van der Waals surface area contributed by atoms with E-state index in [1.54, 1.807) is 0 Å². The van der Waals surface area contributed by atoms with E-state index in [1.165, 1.54) is 6.42 Å². The highest BCUT2D eigenvalue weighted by atomic mass is 16.7. The molecule has 1 aliphatic heterocycles. The number of allylic oxidation sites excluding steroid dienone is 1. The Bertz CT molecular complexity index is 574. The maximum absolute atomic E-state index is 11.4. The van der Waals surface area contributed by atoms with Crippen molar-refractivity contribution in [3.63, 3.8) is 0 Å². The Balaban J connectivity index is 1.73. The molecule has 2 saturated carbocycles. The first-order valence-corrected chi connectivity index (χ1v) is 10.3. The van der Waals surface area contributed by atoms with Crippen molar-refractivity contribution in [1.82, 2.24) is 0 Å². The molecule has 1 saturated heterocycles. The van der Waals surface area contributed by atoms with Crippen LogP contribution in [-0.2, 0) is 9.47 Å². The second-order valence-electron chi connectivity index (χ2n) is 10.1. The van der Waals surface area contributed by atoms with Crippen molar-refractivity contribution in [2.75, 3.05) is 13.2 Å². The molecule has 1 spiro atoms. The minimum absolute atomic E-state index is 0.0360. The van der Waals surface area contributed by atoms with Crippen LogP contribution in [0.1, 0.15) is 73.1 Å². The average Bonchev–Trinajstić information content (AvgIpc) is 2.95. The molecule has 4 aliphatic rings.